The van der Waals surface area contributed by atoms with Crippen molar-refractivity contribution in [3.63, 3.8) is 0 Å². The number of fused-ring (bicyclic) bond motifs is 1. The number of benzene rings is 1. The van der Waals surface area contributed by atoms with Crippen molar-refractivity contribution in [3.05, 3.63) is 59.3 Å². The molecule has 0 saturated heterocycles. The van der Waals surface area contributed by atoms with Crippen LogP contribution in [0.3, 0.4) is 0 Å². The second-order valence-electron chi connectivity index (χ2n) is 5.14. The van der Waals surface area contributed by atoms with Crippen molar-refractivity contribution in [2.24, 2.45) is 0 Å². The molecule has 1 aliphatic heterocycles. The molecule has 0 saturated carbocycles. The highest BCUT2D eigenvalue weighted by atomic mass is 16.5. The monoisotopic (exact) mass is 282 g/mol. The topological polar surface area (TPSA) is 42.4 Å². The zero-order chi connectivity index (χ0) is 14.7. The van der Waals surface area contributed by atoms with Crippen LogP contribution >= 0.6 is 0 Å². The summed E-state index contributed by atoms with van der Waals surface area (Å²) in [7, 11) is 0. The van der Waals surface area contributed by atoms with E-state index < -0.39 is 0 Å². The Kier molecular flexibility index (Phi) is 3.86. The standard InChI is InChI=1S/C17H18N2O2/c1-2-10-19-11-15-14(17(19)20)8-9-16(18-15)21-12-13-6-4-3-5-7-13/h3-9H,2,10-12H2,1H3. The maximum absolute atomic E-state index is 12.1. The zero-order valence-electron chi connectivity index (χ0n) is 12.1. The molecule has 1 aliphatic rings. The summed E-state index contributed by atoms with van der Waals surface area (Å²) < 4.78 is 5.71. The molecule has 2 aromatic rings. The minimum Gasteiger partial charge on any atom is -0.473 e. The molecule has 4 nitrogen and oxygen atoms in total. The lowest BCUT2D eigenvalue weighted by Gasteiger charge is -2.12. The van der Waals surface area contributed by atoms with Crippen molar-refractivity contribution in [3.8, 4) is 5.88 Å². The number of aromatic nitrogens is 1. The summed E-state index contributed by atoms with van der Waals surface area (Å²) in [4.78, 5) is 18.4. The molecule has 0 fully saturated rings. The fourth-order valence-corrected chi connectivity index (χ4v) is 2.48. The Balaban J connectivity index is 1.70. The molecule has 0 N–H and O–H groups in total. The summed E-state index contributed by atoms with van der Waals surface area (Å²) in [6.07, 6.45) is 0.955. The normalized spacial score (nSPS) is 13.4. The van der Waals surface area contributed by atoms with E-state index in [1.54, 1.807) is 6.07 Å². The quantitative estimate of drug-likeness (QED) is 0.846. The minimum atomic E-state index is 0.0777. The van der Waals surface area contributed by atoms with Gasteiger partial charge >= 0.3 is 0 Å². The lowest BCUT2D eigenvalue weighted by molar-refractivity contribution is 0.0778. The number of amides is 1. The Morgan fingerprint density at radius 3 is 2.76 bits per heavy atom. The van der Waals surface area contributed by atoms with Gasteiger partial charge in [0.05, 0.1) is 17.8 Å². The highest BCUT2D eigenvalue weighted by Gasteiger charge is 2.28. The average molecular weight is 282 g/mol. The SMILES string of the molecule is CCCN1Cc2nc(OCc3ccccc3)ccc2C1=O. The second-order valence-corrected chi connectivity index (χ2v) is 5.14. The third-order valence-corrected chi connectivity index (χ3v) is 3.53. The van der Waals surface area contributed by atoms with Gasteiger partial charge in [-0.2, -0.15) is 0 Å². The number of carbonyl (C=O) groups is 1. The fraction of sp³-hybridized carbons (Fsp3) is 0.294. The predicted octanol–water partition coefficient (Wildman–Crippen LogP) is 3.03. The fourth-order valence-electron chi connectivity index (χ4n) is 2.48. The Bertz CT molecular complexity index is 640. The minimum absolute atomic E-state index is 0.0777. The largest absolute Gasteiger partial charge is 0.473 e. The van der Waals surface area contributed by atoms with E-state index in [0.29, 0.717) is 24.6 Å². The first kappa shape index (κ1) is 13.6. The van der Waals surface area contributed by atoms with E-state index in [0.717, 1.165) is 24.2 Å². The van der Waals surface area contributed by atoms with Gasteiger partial charge in [0, 0.05) is 12.6 Å². The molecule has 108 valence electrons. The van der Waals surface area contributed by atoms with Gasteiger partial charge in [0.25, 0.3) is 5.91 Å². The highest BCUT2D eigenvalue weighted by molar-refractivity contribution is 5.97. The van der Waals surface area contributed by atoms with Crippen molar-refractivity contribution in [2.45, 2.75) is 26.5 Å². The molecule has 0 atom stereocenters. The van der Waals surface area contributed by atoms with Crippen LogP contribution in [0.25, 0.3) is 0 Å². The molecule has 1 amide bonds. The lowest BCUT2D eigenvalue weighted by Crippen LogP contribution is -2.24. The number of hydrogen-bond acceptors (Lipinski definition) is 3. The van der Waals surface area contributed by atoms with Crippen LogP contribution < -0.4 is 4.74 Å². The molecular formula is C17H18N2O2. The van der Waals surface area contributed by atoms with E-state index >= 15 is 0 Å². The molecule has 0 spiro atoms. The molecule has 4 heteroatoms. The Hall–Kier alpha value is -2.36. The summed E-state index contributed by atoms with van der Waals surface area (Å²) in [6.45, 7) is 3.91. The summed E-state index contributed by atoms with van der Waals surface area (Å²) in [5.41, 5.74) is 2.62. The first-order valence-corrected chi connectivity index (χ1v) is 7.24. The van der Waals surface area contributed by atoms with Gasteiger partial charge in [0.2, 0.25) is 5.88 Å². The van der Waals surface area contributed by atoms with Gasteiger partial charge in [-0.05, 0) is 18.1 Å². The number of ether oxygens (including phenoxy) is 1. The van der Waals surface area contributed by atoms with Crippen molar-refractivity contribution >= 4 is 5.91 Å². The van der Waals surface area contributed by atoms with Gasteiger partial charge in [0.1, 0.15) is 6.61 Å². The van der Waals surface area contributed by atoms with Crippen LogP contribution in [-0.4, -0.2) is 22.3 Å². The van der Waals surface area contributed by atoms with Crippen LogP contribution in [0.15, 0.2) is 42.5 Å². The summed E-state index contributed by atoms with van der Waals surface area (Å²) >= 11 is 0. The number of rotatable bonds is 5. The summed E-state index contributed by atoms with van der Waals surface area (Å²) in [5, 5.41) is 0. The van der Waals surface area contributed by atoms with E-state index in [1.165, 1.54) is 0 Å². The van der Waals surface area contributed by atoms with E-state index in [2.05, 4.69) is 11.9 Å². The third-order valence-electron chi connectivity index (χ3n) is 3.53. The summed E-state index contributed by atoms with van der Waals surface area (Å²) in [5.74, 6) is 0.651. The van der Waals surface area contributed by atoms with Crippen LogP contribution in [0, 0.1) is 0 Å². The van der Waals surface area contributed by atoms with Crippen molar-refractivity contribution < 1.29 is 9.53 Å². The molecule has 0 radical (unpaired) electrons. The third kappa shape index (κ3) is 2.89. The molecule has 1 aromatic carbocycles. The van der Waals surface area contributed by atoms with Gasteiger partial charge < -0.3 is 9.64 Å². The molecule has 1 aromatic heterocycles. The maximum Gasteiger partial charge on any atom is 0.256 e. The molecule has 2 heterocycles. The van der Waals surface area contributed by atoms with Gasteiger partial charge in [-0.3, -0.25) is 4.79 Å². The Labute approximate surface area is 124 Å². The van der Waals surface area contributed by atoms with Crippen LogP contribution in [0.5, 0.6) is 5.88 Å². The predicted molar refractivity (Wildman–Crippen MR) is 80.0 cm³/mol. The van der Waals surface area contributed by atoms with Crippen LogP contribution in [0.1, 0.15) is 35.0 Å². The Morgan fingerprint density at radius 1 is 1.19 bits per heavy atom. The summed E-state index contributed by atoms with van der Waals surface area (Å²) in [6, 6.07) is 13.6. The van der Waals surface area contributed by atoms with Crippen molar-refractivity contribution in [2.75, 3.05) is 6.54 Å². The molecule has 0 unspecified atom stereocenters. The smallest absolute Gasteiger partial charge is 0.256 e. The van der Waals surface area contributed by atoms with Crippen molar-refractivity contribution in [1.29, 1.82) is 0 Å². The Morgan fingerprint density at radius 2 is 2.00 bits per heavy atom. The molecule has 0 aliphatic carbocycles. The number of pyridine rings is 1. The second kappa shape index (κ2) is 5.95. The number of carbonyl (C=O) groups excluding carboxylic acids is 1. The molecule has 21 heavy (non-hydrogen) atoms. The zero-order valence-corrected chi connectivity index (χ0v) is 12.1. The lowest BCUT2D eigenvalue weighted by atomic mass is 10.2. The first-order valence-electron chi connectivity index (χ1n) is 7.24. The number of nitrogens with zero attached hydrogens (tertiary/aromatic N) is 2. The van der Waals surface area contributed by atoms with E-state index in [9.17, 15) is 4.79 Å². The van der Waals surface area contributed by atoms with Crippen LogP contribution in [0.4, 0.5) is 0 Å². The average Bonchev–Trinajstić information content (AvgIpc) is 2.83. The van der Waals surface area contributed by atoms with E-state index in [-0.39, 0.29) is 5.91 Å². The van der Waals surface area contributed by atoms with Gasteiger partial charge in [0.15, 0.2) is 0 Å². The van der Waals surface area contributed by atoms with Gasteiger partial charge in [-0.1, -0.05) is 37.3 Å². The van der Waals surface area contributed by atoms with Gasteiger partial charge in [-0.15, -0.1) is 0 Å². The molecular weight excluding hydrogens is 264 g/mol. The highest BCUT2D eigenvalue weighted by Crippen LogP contribution is 2.24. The molecule has 3 rings (SSSR count). The van der Waals surface area contributed by atoms with E-state index in [1.807, 2.05) is 41.3 Å². The van der Waals surface area contributed by atoms with Crippen molar-refractivity contribution in [1.82, 2.24) is 9.88 Å². The molecule has 0 bridgehead atoms. The maximum atomic E-state index is 12.1. The van der Waals surface area contributed by atoms with E-state index in [4.69, 9.17) is 4.74 Å². The first-order chi connectivity index (χ1) is 10.3. The number of hydrogen-bond donors (Lipinski definition) is 0. The van der Waals surface area contributed by atoms with Gasteiger partial charge in [-0.25, -0.2) is 4.98 Å². The van der Waals surface area contributed by atoms with Crippen LogP contribution in [0.2, 0.25) is 0 Å². The van der Waals surface area contributed by atoms with Crippen LogP contribution in [-0.2, 0) is 13.2 Å².